The van der Waals surface area contributed by atoms with Gasteiger partial charge in [0.2, 0.25) is 0 Å². The molecular formula is C24H34BN5O5. The summed E-state index contributed by atoms with van der Waals surface area (Å²) in [7, 11) is -0.423. The molecule has 188 valence electrons. The first-order chi connectivity index (χ1) is 16.4. The molecule has 2 fully saturated rings. The summed E-state index contributed by atoms with van der Waals surface area (Å²) in [5.41, 5.74) is 4.43. The van der Waals surface area contributed by atoms with Crippen molar-refractivity contribution in [3.8, 4) is 11.3 Å². The molecule has 2 saturated heterocycles. The number of carboxylic acid groups (broad SMARTS) is 1. The quantitative estimate of drug-likeness (QED) is 0.452. The Hall–Kier alpha value is -3.05. The van der Waals surface area contributed by atoms with Gasteiger partial charge >= 0.3 is 19.2 Å². The van der Waals surface area contributed by atoms with Crippen LogP contribution in [0.25, 0.3) is 11.3 Å². The summed E-state index contributed by atoms with van der Waals surface area (Å²) in [5.74, 6) is 0.675. The van der Waals surface area contributed by atoms with Gasteiger partial charge in [0.15, 0.2) is 0 Å². The maximum atomic E-state index is 12.8. The standard InChI is InChI=1S/C24H34BN5O5/c1-15(2)30(22(32)33)28-21(31)29-13-7-8-19(29)20-26-14-18(27-20)16-9-11-17(12-10-16)25-34-23(3,4)24(5,6)35-25/h9-12,14-15,19H,7-8,13H2,1-6H3,(H,26,27)(H,28,31)(H,32,33). The van der Waals surface area contributed by atoms with E-state index in [4.69, 9.17) is 9.31 Å². The highest BCUT2D eigenvalue weighted by molar-refractivity contribution is 6.62. The van der Waals surface area contributed by atoms with Crippen LogP contribution >= 0.6 is 0 Å². The predicted octanol–water partition coefficient (Wildman–Crippen LogP) is 3.53. The van der Waals surface area contributed by atoms with Crippen LogP contribution in [0.4, 0.5) is 9.59 Å². The Balaban J connectivity index is 1.46. The number of urea groups is 1. The van der Waals surface area contributed by atoms with E-state index in [9.17, 15) is 14.7 Å². The summed E-state index contributed by atoms with van der Waals surface area (Å²) in [4.78, 5) is 33.8. The number of imidazole rings is 1. The van der Waals surface area contributed by atoms with Crippen LogP contribution < -0.4 is 10.9 Å². The smallest absolute Gasteiger partial charge is 0.464 e. The van der Waals surface area contributed by atoms with Crippen LogP contribution in [0.15, 0.2) is 30.5 Å². The van der Waals surface area contributed by atoms with E-state index < -0.39 is 30.4 Å². The molecule has 2 aliphatic heterocycles. The third kappa shape index (κ3) is 4.88. The molecule has 0 saturated carbocycles. The summed E-state index contributed by atoms with van der Waals surface area (Å²) in [6, 6.07) is 6.87. The first kappa shape index (κ1) is 25.1. The van der Waals surface area contributed by atoms with Crippen molar-refractivity contribution in [2.75, 3.05) is 6.54 Å². The number of nitrogens with zero attached hydrogens (tertiary/aromatic N) is 3. The SMILES string of the molecule is CC(C)N(NC(=O)N1CCCC1c1ncc(-c2ccc(B3OC(C)(C)C(C)(C)O3)cc2)[nH]1)C(=O)O. The van der Waals surface area contributed by atoms with Crippen molar-refractivity contribution in [1.82, 2.24) is 25.3 Å². The van der Waals surface area contributed by atoms with Crippen molar-refractivity contribution >= 4 is 24.7 Å². The van der Waals surface area contributed by atoms with E-state index in [1.54, 1.807) is 24.9 Å². The first-order valence-corrected chi connectivity index (χ1v) is 12.0. The lowest BCUT2D eigenvalue weighted by Gasteiger charge is -2.32. The van der Waals surface area contributed by atoms with Gasteiger partial charge < -0.3 is 24.3 Å². The van der Waals surface area contributed by atoms with Crippen LogP contribution in [-0.4, -0.2) is 68.0 Å². The van der Waals surface area contributed by atoms with Gasteiger partial charge in [-0.25, -0.2) is 25.0 Å². The van der Waals surface area contributed by atoms with Gasteiger partial charge in [-0.1, -0.05) is 24.3 Å². The maximum absolute atomic E-state index is 12.8. The fourth-order valence-corrected chi connectivity index (χ4v) is 4.31. The molecule has 3 amide bonds. The van der Waals surface area contributed by atoms with Gasteiger partial charge in [0.1, 0.15) is 5.82 Å². The third-order valence-electron chi connectivity index (χ3n) is 7.11. The lowest BCUT2D eigenvalue weighted by Crippen LogP contribution is -2.53. The van der Waals surface area contributed by atoms with Crippen molar-refractivity contribution < 1.29 is 24.0 Å². The maximum Gasteiger partial charge on any atom is 0.494 e. The Morgan fingerprint density at radius 2 is 1.83 bits per heavy atom. The van der Waals surface area contributed by atoms with Crippen molar-refractivity contribution in [3.63, 3.8) is 0 Å². The monoisotopic (exact) mass is 483 g/mol. The Labute approximate surface area is 206 Å². The number of hydrogen-bond donors (Lipinski definition) is 3. The molecule has 3 N–H and O–H groups in total. The lowest BCUT2D eigenvalue weighted by molar-refractivity contribution is 0.00578. The zero-order valence-corrected chi connectivity index (χ0v) is 21.2. The molecule has 4 rings (SSSR count). The topological polar surface area (TPSA) is 120 Å². The van der Waals surface area contributed by atoms with Crippen molar-refractivity contribution in [3.05, 3.63) is 36.3 Å². The zero-order chi connectivity index (χ0) is 25.5. The number of carbonyl (C=O) groups is 2. The lowest BCUT2D eigenvalue weighted by atomic mass is 9.79. The van der Waals surface area contributed by atoms with Gasteiger partial charge in [0.05, 0.1) is 35.2 Å². The Morgan fingerprint density at radius 1 is 1.20 bits per heavy atom. The number of benzene rings is 1. The normalized spacial score (nSPS) is 20.9. The molecule has 2 aromatic rings. The van der Waals surface area contributed by atoms with Crippen LogP contribution in [-0.2, 0) is 9.31 Å². The minimum atomic E-state index is -1.20. The van der Waals surface area contributed by atoms with Gasteiger partial charge in [-0.05, 0) is 65.4 Å². The number of likely N-dealkylation sites (tertiary alicyclic amines) is 1. The highest BCUT2D eigenvalue weighted by Crippen LogP contribution is 2.36. The van der Waals surface area contributed by atoms with Crippen LogP contribution in [0.3, 0.4) is 0 Å². The molecule has 0 radical (unpaired) electrons. The largest absolute Gasteiger partial charge is 0.494 e. The zero-order valence-electron chi connectivity index (χ0n) is 21.2. The number of aromatic nitrogens is 2. The van der Waals surface area contributed by atoms with Gasteiger partial charge in [0, 0.05) is 6.54 Å². The summed E-state index contributed by atoms with van der Waals surface area (Å²) in [6.45, 7) is 12.1. The average Bonchev–Trinajstić information content (AvgIpc) is 3.49. The molecule has 11 heteroatoms. The highest BCUT2D eigenvalue weighted by atomic mass is 16.7. The number of rotatable bonds is 4. The molecule has 1 aromatic carbocycles. The molecule has 35 heavy (non-hydrogen) atoms. The van der Waals surface area contributed by atoms with E-state index in [0.717, 1.165) is 34.6 Å². The minimum absolute atomic E-state index is 0.254. The van der Waals surface area contributed by atoms with Crippen LogP contribution in [0.5, 0.6) is 0 Å². The Bertz CT molecular complexity index is 1070. The van der Waals surface area contributed by atoms with E-state index in [1.807, 2.05) is 52.0 Å². The molecule has 10 nitrogen and oxygen atoms in total. The number of hydrogen-bond acceptors (Lipinski definition) is 5. The van der Waals surface area contributed by atoms with Crippen molar-refractivity contribution in [2.24, 2.45) is 0 Å². The molecule has 1 aromatic heterocycles. The summed E-state index contributed by atoms with van der Waals surface area (Å²) >= 11 is 0. The van der Waals surface area contributed by atoms with Crippen LogP contribution in [0.2, 0.25) is 0 Å². The van der Waals surface area contributed by atoms with E-state index >= 15 is 0 Å². The first-order valence-electron chi connectivity index (χ1n) is 12.0. The number of hydrazine groups is 1. The Morgan fingerprint density at radius 3 is 2.40 bits per heavy atom. The summed E-state index contributed by atoms with van der Waals surface area (Å²) < 4.78 is 12.3. The van der Waals surface area contributed by atoms with E-state index in [0.29, 0.717) is 12.4 Å². The molecular weight excluding hydrogens is 449 g/mol. The highest BCUT2D eigenvalue weighted by Gasteiger charge is 2.51. The summed E-state index contributed by atoms with van der Waals surface area (Å²) in [5, 5.41) is 10.3. The predicted molar refractivity (Wildman–Crippen MR) is 132 cm³/mol. The average molecular weight is 483 g/mol. The van der Waals surface area contributed by atoms with Crippen molar-refractivity contribution in [1.29, 1.82) is 0 Å². The van der Waals surface area contributed by atoms with Crippen LogP contribution in [0, 0.1) is 0 Å². The van der Waals surface area contributed by atoms with Gasteiger partial charge in [0.25, 0.3) is 0 Å². The molecule has 1 unspecified atom stereocenters. The second-order valence-electron chi connectivity index (χ2n) is 10.4. The molecule has 2 aliphatic rings. The number of amides is 3. The van der Waals surface area contributed by atoms with Crippen LogP contribution in [0.1, 0.15) is 66.3 Å². The van der Waals surface area contributed by atoms with Gasteiger partial charge in [-0.15, -0.1) is 0 Å². The number of nitrogens with one attached hydrogen (secondary N) is 2. The number of aromatic amines is 1. The number of carbonyl (C=O) groups excluding carboxylic acids is 1. The molecule has 1 atom stereocenters. The summed E-state index contributed by atoms with van der Waals surface area (Å²) in [6.07, 6.45) is 2.11. The molecule has 0 bridgehead atoms. The second-order valence-corrected chi connectivity index (χ2v) is 10.4. The molecule has 0 spiro atoms. The van der Waals surface area contributed by atoms with E-state index in [2.05, 4.69) is 15.4 Å². The second kappa shape index (κ2) is 9.20. The minimum Gasteiger partial charge on any atom is -0.464 e. The molecule has 0 aliphatic carbocycles. The van der Waals surface area contributed by atoms with Gasteiger partial charge in [-0.2, -0.15) is 0 Å². The fraction of sp³-hybridized carbons (Fsp3) is 0.542. The third-order valence-corrected chi connectivity index (χ3v) is 7.11. The number of H-pyrrole nitrogens is 1. The van der Waals surface area contributed by atoms with Gasteiger partial charge in [-0.3, -0.25) is 0 Å². The van der Waals surface area contributed by atoms with Crippen molar-refractivity contribution in [2.45, 2.75) is 77.7 Å². The fourth-order valence-electron chi connectivity index (χ4n) is 4.31. The van der Waals surface area contributed by atoms with E-state index in [1.165, 1.54) is 0 Å². The van der Waals surface area contributed by atoms with E-state index in [-0.39, 0.29) is 12.1 Å². The Kier molecular flexibility index (Phi) is 6.59. The molecule has 3 heterocycles.